The fraction of sp³-hybridized carbons (Fsp3) is 0.524. The summed E-state index contributed by atoms with van der Waals surface area (Å²) >= 11 is 0. The standard InChI is InChI=1S/C21H32OSi/c1-8-9-13-18(2)20(22-23(6,7)21(3,4)5)17-16-19-14-11-10-12-15-19/h8,10-12,14-15,18,20H,1,16-17H2,2-7H3/t18-,20+/m1/s1. The molecule has 0 aliphatic rings. The molecule has 1 nitrogen and oxygen atoms in total. The zero-order valence-corrected chi connectivity index (χ0v) is 16.6. The fourth-order valence-electron chi connectivity index (χ4n) is 2.20. The minimum absolute atomic E-state index is 0.170. The first-order valence-electron chi connectivity index (χ1n) is 8.51. The number of aryl methyl sites for hydroxylation is 1. The number of rotatable bonds is 6. The van der Waals surface area contributed by atoms with Crippen molar-refractivity contribution in [3.8, 4) is 11.8 Å². The van der Waals surface area contributed by atoms with Gasteiger partial charge < -0.3 is 4.43 Å². The van der Waals surface area contributed by atoms with Crippen molar-refractivity contribution in [1.82, 2.24) is 0 Å². The average molecular weight is 329 g/mol. The van der Waals surface area contributed by atoms with Gasteiger partial charge in [-0.3, -0.25) is 0 Å². The van der Waals surface area contributed by atoms with Gasteiger partial charge in [0.15, 0.2) is 8.32 Å². The predicted molar refractivity (Wildman–Crippen MR) is 104 cm³/mol. The molecule has 0 fully saturated rings. The molecule has 0 spiro atoms. The summed E-state index contributed by atoms with van der Waals surface area (Å²) < 4.78 is 6.69. The number of allylic oxidation sites excluding steroid dienone is 1. The van der Waals surface area contributed by atoms with Gasteiger partial charge in [-0.25, -0.2) is 0 Å². The zero-order valence-electron chi connectivity index (χ0n) is 15.6. The van der Waals surface area contributed by atoms with Crippen molar-refractivity contribution >= 4 is 8.32 Å². The minimum Gasteiger partial charge on any atom is -0.413 e. The lowest BCUT2D eigenvalue weighted by Crippen LogP contribution is -2.45. The molecule has 2 atom stereocenters. The first kappa shape index (κ1) is 19.7. The van der Waals surface area contributed by atoms with Crippen LogP contribution in [-0.2, 0) is 10.8 Å². The Balaban J connectivity index is 2.86. The van der Waals surface area contributed by atoms with Gasteiger partial charge in [-0.15, -0.1) is 0 Å². The van der Waals surface area contributed by atoms with E-state index in [-0.39, 0.29) is 17.1 Å². The summed E-state index contributed by atoms with van der Waals surface area (Å²) in [6.45, 7) is 17.3. The van der Waals surface area contributed by atoms with Crippen molar-refractivity contribution in [2.24, 2.45) is 5.92 Å². The summed E-state index contributed by atoms with van der Waals surface area (Å²) in [6.07, 6.45) is 3.87. The lowest BCUT2D eigenvalue weighted by Gasteiger charge is -2.40. The Kier molecular flexibility index (Phi) is 7.31. The quantitative estimate of drug-likeness (QED) is 0.471. The average Bonchev–Trinajstić information content (AvgIpc) is 2.48. The monoisotopic (exact) mass is 328 g/mol. The van der Waals surface area contributed by atoms with E-state index in [9.17, 15) is 0 Å². The molecule has 126 valence electrons. The van der Waals surface area contributed by atoms with Crippen LogP contribution in [0.15, 0.2) is 43.0 Å². The van der Waals surface area contributed by atoms with Gasteiger partial charge in [0.2, 0.25) is 0 Å². The zero-order chi connectivity index (χ0) is 17.5. The van der Waals surface area contributed by atoms with E-state index in [0.29, 0.717) is 0 Å². The summed E-state index contributed by atoms with van der Waals surface area (Å²) in [4.78, 5) is 0. The van der Waals surface area contributed by atoms with Gasteiger partial charge in [0, 0.05) is 5.92 Å². The highest BCUT2D eigenvalue weighted by Crippen LogP contribution is 2.38. The normalized spacial score (nSPS) is 14.5. The summed E-state index contributed by atoms with van der Waals surface area (Å²) in [5.74, 6) is 6.49. The molecule has 0 radical (unpaired) electrons. The van der Waals surface area contributed by atoms with Gasteiger partial charge in [-0.1, -0.05) is 69.5 Å². The summed E-state index contributed by atoms with van der Waals surface area (Å²) in [5.41, 5.74) is 1.36. The van der Waals surface area contributed by atoms with Gasteiger partial charge in [-0.05, 0) is 49.5 Å². The van der Waals surface area contributed by atoms with Crippen molar-refractivity contribution in [3.05, 3.63) is 48.6 Å². The summed E-state index contributed by atoms with van der Waals surface area (Å²) in [6, 6.07) is 10.6. The molecule has 0 heterocycles. The van der Waals surface area contributed by atoms with E-state index in [1.54, 1.807) is 6.08 Å². The Morgan fingerprint density at radius 3 is 2.35 bits per heavy atom. The van der Waals surface area contributed by atoms with Gasteiger partial charge >= 0.3 is 0 Å². The molecule has 0 unspecified atom stereocenters. The maximum absolute atomic E-state index is 6.69. The highest BCUT2D eigenvalue weighted by atomic mass is 28.4. The van der Waals surface area contributed by atoms with Crippen molar-refractivity contribution < 1.29 is 4.43 Å². The van der Waals surface area contributed by atoms with E-state index in [2.05, 4.69) is 89.5 Å². The van der Waals surface area contributed by atoms with Crippen LogP contribution in [0.4, 0.5) is 0 Å². The van der Waals surface area contributed by atoms with E-state index >= 15 is 0 Å². The molecule has 0 aliphatic carbocycles. The lowest BCUT2D eigenvalue weighted by molar-refractivity contribution is 0.140. The maximum atomic E-state index is 6.69. The van der Waals surface area contributed by atoms with Gasteiger partial charge in [0.25, 0.3) is 0 Å². The van der Waals surface area contributed by atoms with E-state index in [4.69, 9.17) is 4.43 Å². The third kappa shape index (κ3) is 6.37. The molecule has 0 aliphatic heterocycles. The minimum atomic E-state index is -1.80. The van der Waals surface area contributed by atoms with Gasteiger partial charge in [-0.2, -0.15) is 0 Å². The smallest absolute Gasteiger partial charge is 0.192 e. The van der Waals surface area contributed by atoms with E-state index in [1.807, 2.05) is 0 Å². The summed E-state index contributed by atoms with van der Waals surface area (Å²) in [7, 11) is -1.80. The van der Waals surface area contributed by atoms with Crippen LogP contribution in [-0.4, -0.2) is 14.4 Å². The molecular formula is C21H32OSi. The van der Waals surface area contributed by atoms with Crippen LogP contribution >= 0.6 is 0 Å². The third-order valence-corrected chi connectivity index (χ3v) is 9.29. The molecule has 2 heteroatoms. The van der Waals surface area contributed by atoms with Crippen molar-refractivity contribution in [2.45, 2.75) is 64.8 Å². The highest BCUT2D eigenvalue weighted by Gasteiger charge is 2.39. The second-order valence-corrected chi connectivity index (χ2v) is 12.5. The molecule has 0 N–H and O–H groups in total. The third-order valence-electron chi connectivity index (χ3n) is 4.78. The fourth-order valence-corrected chi connectivity index (χ4v) is 3.64. The van der Waals surface area contributed by atoms with Crippen LogP contribution in [0.3, 0.4) is 0 Å². The largest absolute Gasteiger partial charge is 0.413 e. The molecule has 1 aromatic rings. The van der Waals surface area contributed by atoms with E-state index in [1.165, 1.54) is 5.56 Å². The first-order valence-corrected chi connectivity index (χ1v) is 11.4. The molecule has 0 aromatic heterocycles. The van der Waals surface area contributed by atoms with Crippen LogP contribution in [0, 0.1) is 17.8 Å². The number of benzene rings is 1. The Morgan fingerprint density at radius 1 is 1.22 bits per heavy atom. The number of hydrogen-bond acceptors (Lipinski definition) is 1. The van der Waals surface area contributed by atoms with Gasteiger partial charge in [0.1, 0.15) is 0 Å². The van der Waals surface area contributed by atoms with Crippen molar-refractivity contribution in [3.63, 3.8) is 0 Å². The van der Waals surface area contributed by atoms with E-state index < -0.39 is 8.32 Å². The lowest BCUT2D eigenvalue weighted by atomic mass is 9.98. The van der Waals surface area contributed by atoms with Crippen molar-refractivity contribution in [1.29, 1.82) is 0 Å². The van der Waals surface area contributed by atoms with Crippen LogP contribution in [0.2, 0.25) is 18.1 Å². The van der Waals surface area contributed by atoms with E-state index in [0.717, 1.165) is 12.8 Å². The second kappa shape index (κ2) is 8.52. The molecule has 1 rings (SSSR count). The van der Waals surface area contributed by atoms with Crippen LogP contribution < -0.4 is 0 Å². The SMILES string of the molecule is C=CC#C[C@@H](C)[C@H](CCc1ccccc1)O[Si](C)(C)C(C)(C)C. The molecule has 1 aromatic carbocycles. The topological polar surface area (TPSA) is 9.23 Å². The molecule has 23 heavy (non-hydrogen) atoms. The molecule has 0 saturated carbocycles. The second-order valence-electron chi connectivity index (χ2n) is 7.72. The Hall–Kier alpha value is -1.30. The summed E-state index contributed by atoms with van der Waals surface area (Å²) in [5, 5.41) is 0.212. The maximum Gasteiger partial charge on any atom is 0.192 e. The molecule has 0 bridgehead atoms. The van der Waals surface area contributed by atoms with Crippen LogP contribution in [0.25, 0.3) is 0 Å². The molecule has 0 saturated heterocycles. The highest BCUT2D eigenvalue weighted by molar-refractivity contribution is 6.74. The number of hydrogen-bond donors (Lipinski definition) is 0. The van der Waals surface area contributed by atoms with Crippen LogP contribution in [0.5, 0.6) is 0 Å². The van der Waals surface area contributed by atoms with Gasteiger partial charge in [0.05, 0.1) is 6.10 Å². The Morgan fingerprint density at radius 2 is 1.83 bits per heavy atom. The van der Waals surface area contributed by atoms with Crippen molar-refractivity contribution in [2.75, 3.05) is 0 Å². The molecule has 0 amide bonds. The Bertz CT molecular complexity index is 543. The van der Waals surface area contributed by atoms with Crippen LogP contribution in [0.1, 0.15) is 39.7 Å². The Labute approximate surface area is 144 Å². The predicted octanol–water partition coefficient (Wildman–Crippen LogP) is 5.84. The first-order chi connectivity index (χ1) is 10.7. The molecular weight excluding hydrogens is 296 g/mol.